The van der Waals surface area contributed by atoms with E-state index in [4.69, 9.17) is 10.00 Å². The lowest BCUT2D eigenvalue weighted by Crippen LogP contribution is -2.40. The molecule has 1 aromatic carbocycles. The lowest BCUT2D eigenvalue weighted by Gasteiger charge is -2.29. The molecule has 10 heteroatoms. The molecule has 0 saturated heterocycles. The molecule has 1 N–H and O–H groups in total. The van der Waals surface area contributed by atoms with Gasteiger partial charge in [-0.2, -0.15) is 18.4 Å². The quantitative estimate of drug-likeness (QED) is 0.860. The third kappa shape index (κ3) is 4.73. The van der Waals surface area contributed by atoms with E-state index in [1.165, 1.54) is 18.6 Å². The number of nitriles is 1. The maximum absolute atomic E-state index is 13.0. The number of nitrogens with zero attached hydrogens (tertiary/aromatic N) is 4. The Hall–Kier alpha value is -3.22. The molecule has 1 aliphatic rings. The van der Waals surface area contributed by atoms with Crippen LogP contribution in [0, 0.1) is 11.3 Å². The van der Waals surface area contributed by atoms with Gasteiger partial charge < -0.3 is 10.1 Å². The van der Waals surface area contributed by atoms with Gasteiger partial charge in [-0.25, -0.2) is 4.98 Å². The second-order valence-corrected chi connectivity index (χ2v) is 6.38. The first-order valence-corrected chi connectivity index (χ1v) is 8.58. The van der Waals surface area contributed by atoms with Gasteiger partial charge >= 0.3 is 6.18 Å². The Morgan fingerprint density at radius 3 is 2.61 bits per heavy atom. The van der Waals surface area contributed by atoms with Gasteiger partial charge in [-0.15, -0.1) is 10.2 Å². The molecule has 1 saturated carbocycles. The van der Waals surface area contributed by atoms with E-state index in [2.05, 4.69) is 20.5 Å². The molecular formula is C18H16F3N5O2. The molecular weight excluding hydrogens is 375 g/mol. The zero-order chi connectivity index (χ0) is 20.1. The number of alkyl halides is 3. The van der Waals surface area contributed by atoms with Crippen molar-refractivity contribution < 1.29 is 22.7 Å². The first-order valence-electron chi connectivity index (χ1n) is 8.58. The summed E-state index contributed by atoms with van der Waals surface area (Å²) in [5.41, 5.74) is -1.33. The molecule has 0 atom stereocenters. The fraction of sp³-hybridized carbons (Fsp3) is 0.389. The molecule has 2 aromatic rings. The van der Waals surface area contributed by atoms with E-state index < -0.39 is 17.3 Å². The van der Waals surface area contributed by atoms with Crippen molar-refractivity contribution in [1.29, 1.82) is 5.26 Å². The Morgan fingerprint density at radius 2 is 2.00 bits per heavy atom. The Balaban J connectivity index is 1.56. The zero-order valence-electron chi connectivity index (χ0n) is 14.6. The van der Waals surface area contributed by atoms with Crippen molar-refractivity contribution >= 4 is 5.91 Å². The minimum Gasteiger partial charge on any atom is -0.490 e. The average molecular weight is 391 g/mol. The molecule has 1 aliphatic carbocycles. The summed E-state index contributed by atoms with van der Waals surface area (Å²) in [5, 5.41) is 18.9. The molecule has 0 bridgehead atoms. The Labute approximate surface area is 158 Å². The van der Waals surface area contributed by atoms with Crippen LogP contribution >= 0.6 is 0 Å². The summed E-state index contributed by atoms with van der Waals surface area (Å²) in [4.78, 5) is 15.8. The van der Waals surface area contributed by atoms with Gasteiger partial charge in [0.1, 0.15) is 12.1 Å². The van der Waals surface area contributed by atoms with Gasteiger partial charge in [0.25, 0.3) is 5.91 Å². The first-order chi connectivity index (χ1) is 13.4. The average Bonchev–Trinajstić information content (AvgIpc) is 2.69. The third-order valence-corrected chi connectivity index (χ3v) is 4.44. The Bertz CT molecular complexity index is 875. The summed E-state index contributed by atoms with van der Waals surface area (Å²) in [6.07, 6.45) is 0.0455. The molecule has 3 rings (SSSR count). The van der Waals surface area contributed by atoms with Gasteiger partial charge in [0.2, 0.25) is 0 Å². The van der Waals surface area contributed by atoms with E-state index in [1.807, 2.05) is 0 Å². The number of hydrogen-bond donors (Lipinski definition) is 1. The van der Waals surface area contributed by atoms with E-state index in [9.17, 15) is 18.0 Å². The second kappa shape index (κ2) is 8.21. The minimum absolute atomic E-state index is 0.0736. The van der Waals surface area contributed by atoms with Crippen molar-refractivity contribution in [3.05, 3.63) is 47.5 Å². The van der Waals surface area contributed by atoms with E-state index in [0.717, 1.165) is 12.1 Å². The van der Waals surface area contributed by atoms with E-state index in [0.29, 0.717) is 25.7 Å². The zero-order valence-corrected chi connectivity index (χ0v) is 14.6. The van der Waals surface area contributed by atoms with Crippen LogP contribution in [0.15, 0.2) is 30.7 Å². The summed E-state index contributed by atoms with van der Waals surface area (Å²) in [6.45, 7) is 0. The fourth-order valence-electron chi connectivity index (χ4n) is 3.06. The van der Waals surface area contributed by atoms with Crippen LogP contribution in [0.4, 0.5) is 13.2 Å². The standard InChI is InChI=1S/C18H16F3N5O2/c19-18(20,21)15-7-14(4-1-11(15)8-22)28-13-5-2-12(3-6-13)25-17(27)16-9-23-10-24-26-16/h1,4,7,9-10,12-13H,2-3,5-6H2,(H,25,27). The normalized spacial score (nSPS) is 19.5. The SMILES string of the molecule is N#Cc1ccc(OC2CCC(NC(=O)c3cncnn3)CC2)cc1C(F)(F)F. The number of halogens is 3. The van der Waals surface area contributed by atoms with Gasteiger partial charge in [-0.05, 0) is 43.9 Å². The summed E-state index contributed by atoms with van der Waals surface area (Å²) in [6, 6.07) is 4.79. The van der Waals surface area contributed by atoms with Gasteiger partial charge in [0, 0.05) is 6.04 Å². The van der Waals surface area contributed by atoms with Crippen molar-refractivity contribution in [3.63, 3.8) is 0 Å². The number of aromatic nitrogens is 3. The van der Waals surface area contributed by atoms with Gasteiger partial charge in [-0.3, -0.25) is 4.79 Å². The van der Waals surface area contributed by atoms with Crippen LogP contribution in [0.5, 0.6) is 5.75 Å². The van der Waals surface area contributed by atoms with Gasteiger partial charge in [0.15, 0.2) is 5.69 Å². The number of nitrogens with one attached hydrogen (secondary N) is 1. The highest BCUT2D eigenvalue weighted by molar-refractivity contribution is 5.91. The summed E-state index contributed by atoms with van der Waals surface area (Å²) >= 11 is 0. The highest BCUT2D eigenvalue weighted by atomic mass is 19.4. The number of amides is 1. The van der Waals surface area contributed by atoms with Crippen LogP contribution in [0.25, 0.3) is 0 Å². The third-order valence-electron chi connectivity index (χ3n) is 4.44. The van der Waals surface area contributed by atoms with Crippen LogP contribution in [0.3, 0.4) is 0 Å². The lowest BCUT2D eigenvalue weighted by atomic mass is 9.92. The number of ether oxygens (including phenoxy) is 1. The molecule has 1 heterocycles. The fourth-order valence-corrected chi connectivity index (χ4v) is 3.06. The highest BCUT2D eigenvalue weighted by Gasteiger charge is 2.34. The number of benzene rings is 1. The number of rotatable bonds is 4. The number of carbonyl (C=O) groups excluding carboxylic acids is 1. The largest absolute Gasteiger partial charge is 0.490 e. The maximum Gasteiger partial charge on any atom is 0.417 e. The summed E-state index contributed by atoms with van der Waals surface area (Å²) in [5.74, 6) is -0.295. The number of carbonyl (C=O) groups is 1. The molecule has 0 unspecified atom stereocenters. The number of hydrogen-bond acceptors (Lipinski definition) is 6. The minimum atomic E-state index is -4.62. The van der Waals surface area contributed by atoms with Gasteiger partial charge in [0.05, 0.1) is 29.5 Å². The molecule has 146 valence electrons. The molecule has 0 radical (unpaired) electrons. The summed E-state index contributed by atoms with van der Waals surface area (Å²) < 4.78 is 44.8. The van der Waals surface area contributed by atoms with Crippen LogP contribution in [-0.2, 0) is 6.18 Å². The van der Waals surface area contributed by atoms with Crippen LogP contribution in [0.2, 0.25) is 0 Å². The van der Waals surface area contributed by atoms with Crippen molar-refractivity contribution in [3.8, 4) is 11.8 Å². The predicted molar refractivity (Wildman–Crippen MR) is 90.1 cm³/mol. The lowest BCUT2D eigenvalue weighted by molar-refractivity contribution is -0.137. The smallest absolute Gasteiger partial charge is 0.417 e. The molecule has 28 heavy (non-hydrogen) atoms. The van der Waals surface area contributed by atoms with E-state index in [1.54, 1.807) is 6.07 Å². The van der Waals surface area contributed by atoms with Crippen LogP contribution in [-0.4, -0.2) is 33.2 Å². The van der Waals surface area contributed by atoms with E-state index in [-0.39, 0.29) is 29.5 Å². The predicted octanol–water partition coefficient (Wildman–Crippen LogP) is 2.88. The second-order valence-electron chi connectivity index (χ2n) is 6.38. The van der Waals surface area contributed by atoms with Crippen molar-refractivity contribution in [2.45, 2.75) is 44.0 Å². The maximum atomic E-state index is 13.0. The Morgan fingerprint density at radius 1 is 1.25 bits per heavy atom. The van der Waals surface area contributed by atoms with E-state index >= 15 is 0 Å². The molecule has 1 fully saturated rings. The van der Waals surface area contributed by atoms with Crippen molar-refractivity contribution in [2.75, 3.05) is 0 Å². The summed E-state index contributed by atoms with van der Waals surface area (Å²) in [7, 11) is 0. The monoisotopic (exact) mass is 391 g/mol. The molecule has 7 nitrogen and oxygen atoms in total. The van der Waals surface area contributed by atoms with Gasteiger partial charge in [-0.1, -0.05) is 0 Å². The first kappa shape index (κ1) is 19.5. The van der Waals surface area contributed by atoms with Crippen molar-refractivity contribution in [1.82, 2.24) is 20.5 Å². The van der Waals surface area contributed by atoms with Crippen LogP contribution < -0.4 is 10.1 Å². The molecule has 1 aromatic heterocycles. The molecule has 1 amide bonds. The molecule has 0 spiro atoms. The topological polar surface area (TPSA) is 101 Å². The van der Waals surface area contributed by atoms with Crippen molar-refractivity contribution in [2.24, 2.45) is 0 Å². The van der Waals surface area contributed by atoms with Crippen LogP contribution in [0.1, 0.15) is 47.3 Å². The molecule has 0 aliphatic heterocycles. The Kier molecular flexibility index (Phi) is 5.73. The highest BCUT2D eigenvalue weighted by Crippen LogP contribution is 2.35.